The van der Waals surface area contributed by atoms with Crippen LogP contribution in [0.2, 0.25) is 5.02 Å². The van der Waals surface area contributed by atoms with Crippen LogP contribution in [0.4, 0.5) is 33.3 Å². The van der Waals surface area contributed by atoms with E-state index in [1.807, 2.05) is 0 Å². The average molecular weight is 483 g/mol. The Kier molecular flexibility index (Phi) is 6.58. The minimum absolute atomic E-state index is 0.0849. The minimum atomic E-state index is -4.82. The van der Waals surface area contributed by atoms with Crippen LogP contribution in [0, 0.1) is 10.1 Å². The van der Waals surface area contributed by atoms with Gasteiger partial charge in [-0.3, -0.25) is 19.6 Å². The zero-order chi connectivity index (χ0) is 23.8. The third-order valence-corrected chi connectivity index (χ3v) is 4.98. The van der Waals surface area contributed by atoms with E-state index in [4.69, 9.17) is 16.3 Å². The molecule has 174 valence electrons. The monoisotopic (exact) mass is 482 g/mol. The van der Waals surface area contributed by atoms with E-state index in [0.29, 0.717) is 12.8 Å². The predicted molar refractivity (Wildman–Crippen MR) is 102 cm³/mol. The first-order chi connectivity index (χ1) is 14.9. The lowest BCUT2D eigenvalue weighted by Crippen LogP contribution is -2.26. The smallest absolute Gasteiger partial charge is 0.436 e. The van der Waals surface area contributed by atoms with Crippen molar-refractivity contribution >= 4 is 28.9 Å². The number of hydrogen-bond donors (Lipinski definition) is 1. The van der Waals surface area contributed by atoms with Crippen LogP contribution in [0.15, 0.2) is 18.2 Å². The molecule has 0 radical (unpaired) electrons. The maximum absolute atomic E-state index is 13.2. The molecule has 0 bridgehead atoms. The zero-order valence-electron chi connectivity index (χ0n) is 16.3. The molecule has 1 aliphatic carbocycles. The summed E-state index contributed by atoms with van der Waals surface area (Å²) in [5.74, 6) is -1.41. The molecule has 1 aliphatic rings. The van der Waals surface area contributed by atoms with E-state index in [1.165, 1.54) is 6.92 Å². The molecule has 1 aromatic carbocycles. The Morgan fingerprint density at radius 1 is 1.38 bits per heavy atom. The van der Waals surface area contributed by atoms with Gasteiger partial charge in [-0.1, -0.05) is 11.6 Å². The van der Waals surface area contributed by atoms with Gasteiger partial charge in [-0.25, -0.2) is 8.78 Å². The van der Waals surface area contributed by atoms with E-state index in [1.54, 1.807) is 0 Å². The highest BCUT2D eigenvalue weighted by Crippen LogP contribution is 2.47. The summed E-state index contributed by atoms with van der Waals surface area (Å²) in [6.07, 6.45) is -6.47. The molecular weight excluding hydrogens is 467 g/mol. The molecule has 1 fully saturated rings. The molecular formula is C18H16ClF5N4O4. The molecule has 1 aromatic heterocycles. The van der Waals surface area contributed by atoms with Crippen molar-refractivity contribution in [3.05, 3.63) is 44.7 Å². The normalized spacial score (nSPS) is 15.0. The molecule has 1 saturated carbocycles. The molecule has 1 unspecified atom stereocenters. The van der Waals surface area contributed by atoms with Crippen molar-refractivity contribution < 1.29 is 36.4 Å². The van der Waals surface area contributed by atoms with Crippen molar-refractivity contribution in [3.63, 3.8) is 0 Å². The van der Waals surface area contributed by atoms with Gasteiger partial charge in [0.1, 0.15) is 18.4 Å². The van der Waals surface area contributed by atoms with Crippen molar-refractivity contribution in [1.82, 2.24) is 9.78 Å². The lowest BCUT2D eigenvalue weighted by Gasteiger charge is -2.16. The number of nitro groups is 1. The Morgan fingerprint density at radius 2 is 2.03 bits per heavy atom. The summed E-state index contributed by atoms with van der Waals surface area (Å²) >= 11 is 5.91. The highest BCUT2D eigenvalue weighted by atomic mass is 35.5. The molecule has 1 amide bonds. The van der Waals surface area contributed by atoms with E-state index in [2.05, 4.69) is 10.4 Å². The van der Waals surface area contributed by atoms with E-state index < -0.39 is 52.5 Å². The number of nitrogens with one attached hydrogen (secondary N) is 1. The summed E-state index contributed by atoms with van der Waals surface area (Å²) in [6, 6.07) is 1.68. The van der Waals surface area contributed by atoms with Crippen LogP contribution in [0.3, 0.4) is 0 Å². The second-order valence-electron chi connectivity index (χ2n) is 7.10. The number of non-ortho nitro benzene ring substituents is 1. The SMILES string of the molecule is CC(C(=O)Nc1cc(OCC(F)F)cc([N+](=O)[O-])c1)n1nc(C(F)(F)F)c(Cl)c1C1CC1. The summed E-state index contributed by atoms with van der Waals surface area (Å²) in [7, 11) is 0. The van der Waals surface area contributed by atoms with E-state index in [9.17, 15) is 36.9 Å². The van der Waals surface area contributed by atoms with Crippen LogP contribution in [-0.2, 0) is 11.0 Å². The molecule has 32 heavy (non-hydrogen) atoms. The number of hydrogen-bond acceptors (Lipinski definition) is 5. The molecule has 0 saturated heterocycles. The Bertz CT molecular complexity index is 1040. The first-order valence-electron chi connectivity index (χ1n) is 9.24. The largest absolute Gasteiger partial charge is 0.487 e. The summed E-state index contributed by atoms with van der Waals surface area (Å²) < 4.78 is 70.1. The highest BCUT2D eigenvalue weighted by molar-refractivity contribution is 6.32. The number of carbonyl (C=O) groups excluding carboxylic acids is 1. The fraction of sp³-hybridized carbons (Fsp3) is 0.444. The Labute approximate surface area is 182 Å². The van der Waals surface area contributed by atoms with Gasteiger partial charge in [-0.2, -0.15) is 18.3 Å². The van der Waals surface area contributed by atoms with Crippen LogP contribution in [0.1, 0.15) is 43.1 Å². The number of rotatable bonds is 8. The van der Waals surface area contributed by atoms with Crippen molar-refractivity contribution in [2.24, 2.45) is 0 Å². The number of ether oxygens (including phenoxy) is 1. The van der Waals surface area contributed by atoms with Crippen LogP contribution < -0.4 is 10.1 Å². The topological polar surface area (TPSA) is 99.3 Å². The number of nitro benzene ring substituents is 1. The van der Waals surface area contributed by atoms with Crippen molar-refractivity contribution in [3.8, 4) is 5.75 Å². The molecule has 1 N–H and O–H groups in total. The Morgan fingerprint density at radius 3 is 2.56 bits per heavy atom. The quantitative estimate of drug-likeness (QED) is 0.317. The number of amides is 1. The first-order valence-corrected chi connectivity index (χ1v) is 9.62. The van der Waals surface area contributed by atoms with Crippen molar-refractivity contribution in [1.29, 1.82) is 0 Å². The van der Waals surface area contributed by atoms with Crippen molar-refractivity contribution in [2.75, 3.05) is 11.9 Å². The van der Waals surface area contributed by atoms with Crippen LogP contribution in [0.25, 0.3) is 0 Å². The van der Waals surface area contributed by atoms with Gasteiger partial charge >= 0.3 is 6.18 Å². The third-order valence-electron chi connectivity index (χ3n) is 4.61. The summed E-state index contributed by atoms with van der Waals surface area (Å²) in [4.78, 5) is 23.0. The number of carbonyl (C=O) groups is 1. The first kappa shape index (κ1) is 23.7. The lowest BCUT2D eigenvalue weighted by atomic mass is 10.2. The van der Waals surface area contributed by atoms with Gasteiger partial charge in [0.2, 0.25) is 5.91 Å². The number of alkyl halides is 5. The maximum atomic E-state index is 13.2. The molecule has 1 atom stereocenters. The number of benzene rings is 1. The summed E-state index contributed by atoms with van der Waals surface area (Å²) in [5, 5.41) is 16.3. The van der Waals surface area contributed by atoms with Gasteiger partial charge in [0.25, 0.3) is 12.1 Å². The number of anilines is 1. The molecule has 14 heteroatoms. The third kappa shape index (κ3) is 5.26. The zero-order valence-corrected chi connectivity index (χ0v) is 17.1. The Hall–Kier alpha value is -2.96. The molecule has 0 spiro atoms. The minimum Gasteiger partial charge on any atom is -0.487 e. The van der Waals surface area contributed by atoms with Gasteiger partial charge in [0, 0.05) is 18.1 Å². The predicted octanol–water partition coefficient (Wildman–Crippen LogP) is 5.18. The number of nitrogens with zero attached hydrogens (tertiary/aromatic N) is 3. The number of halogens is 6. The van der Waals surface area contributed by atoms with Crippen LogP contribution in [-0.4, -0.2) is 33.6 Å². The Balaban J connectivity index is 1.88. The van der Waals surface area contributed by atoms with Crippen LogP contribution in [0.5, 0.6) is 5.75 Å². The molecule has 3 rings (SSSR count). The van der Waals surface area contributed by atoms with E-state index >= 15 is 0 Å². The molecule has 8 nitrogen and oxygen atoms in total. The van der Waals surface area contributed by atoms with Gasteiger partial charge in [-0.05, 0) is 19.8 Å². The second kappa shape index (κ2) is 8.88. The number of aromatic nitrogens is 2. The summed E-state index contributed by atoms with van der Waals surface area (Å²) in [5.41, 5.74) is -1.93. The maximum Gasteiger partial charge on any atom is 0.436 e. The van der Waals surface area contributed by atoms with Gasteiger partial charge in [0.05, 0.1) is 27.4 Å². The molecule has 0 aliphatic heterocycles. The van der Waals surface area contributed by atoms with Crippen LogP contribution >= 0.6 is 11.6 Å². The van der Waals surface area contributed by atoms with Crippen molar-refractivity contribution in [2.45, 2.75) is 44.3 Å². The summed E-state index contributed by atoms with van der Waals surface area (Å²) in [6.45, 7) is 0.262. The fourth-order valence-electron chi connectivity index (χ4n) is 2.99. The standard InChI is InChI=1S/C18H16ClF5N4O4/c1-8(27-15(9-2-3-9)14(19)16(26-27)18(22,23)24)17(29)25-10-4-11(28(30)31)6-12(5-10)32-7-13(20)21/h4-6,8-9,13H,2-3,7H2,1H3,(H,25,29). The molecule has 2 aromatic rings. The highest BCUT2D eigenvalue weighted by Gasteiger charge is 2.43. The van der Waals surface area contributed by atoms with Gasteiger partial charge in [0.15, 0.2) is 5.69 Å². The van der Waals surface area contributed by atoms with Gasteiger partial charge < -0.3 is 10.1 Å². The van der Waals surface area contributed by atoms with Gasteiger partial charge in [-0.15, -0.1) is 0 Å². The van der Waals surface area contributed by atoms with E-state index in [-0.39, 0.29) is 23.0 Å². The average Bonchev–Trinajstić information content (AvgIpc) is 3.46. The van der Waals surface area contributed by atoms with E-state index in [0.717, 1.165) is 22.9 Å². The lowest BCUT2D eigenvalue weighted by molar-refractivity contribution is -0.384. The fourth-order valence-corrected chi connectivity index (χ4v) is 3.37. The molecule has 1 heterocycles. The second-order valence-corrected chi connectivity index (χ2v) is 7.48.